The number of hydrogen-bond acceptors (Lipinski definition) is 10. The maximum atomic E-state index is 5.16. The number of nitrogens with one attached hydrogen (secondary N) is 6. The van der Waals surface area contributed by atoms with Crippen molar-refractivity contribution in [2.45, 2.75) is 0 Å². The van der Waals surface area contributed by atoms with Crippen LogP contribution in [-0.4, -0.2) is 42.3 Å². The highest BCUT2D eigenvalue weighted by Gasteiger charge is 2.11. The summed E-state index contributed by atoms with van der Waals surface area (Å²) in [5.41, 5.74) is 5.48. The van der Waals surface area contributed by atoms with Gasteiger partial charge in [0.25, 0.3) is 0 Å². The summed E-state index contributed by atoms with van der Waals surface area (Å²) in [4.78, 5) is 7.91. The van der Waals surface area contributed by atoms with E-state index in [2.05, 4.69) is 73.9 Å². The van der Waals surface area contributed by atoms with Crippen LogP contribution in [0, 0.1) is 24.7 Å². The van der Waals surface area contributed by atoms with Gasteiger partial charge in [-0.05, 0) is 11.8 Å². The van der Waals surface area contributed by atoms with Crippen molar-refractivity contribution < 1.29 is 0 Å². The van der Waals surface area contributed by atoms with Crippen LogP contribution in [0.4, 0.5) is 11.9 Å². The van der Waals surface area contributed by atoms with E-state index in [1.165, 1.54) is 0 Å². The summed E-state index contributed by atoms with van der Waals surface area (Å²) < 4.78 is 0. The van der Waals surface area contributed by atoms with E-state index in [9.17, 15) is 0 Å². The van der Waals surface area contributed by atoms with Crippen molar-refractivity contribution in [2.75, 3.05) is 10.6 Å². The largest absolute Gasteiger partial charge is 0.292 e. The lowest BCUT2D eigenvalue weighted by Gasteiger charge is -2.16. The Labute approximate surface area is 123 Å². The summed E-state index contributed by atoms with van der Waals surface area (Å²) in [5.74, 6) is 6.25. The molecule has 1 aliphatic heterocycles. The van der Waals surface area contributed by atoms with Crippen LogP contribution in [0.25, 0.3) is 0 Å². The second-order valence-corrected chi connectivity index (χ2v) is 3.70. The molecule has 3 heterocycles. The van der Waals surface area contributed by atoms with Crippen molar-refractivity contribution in [1.29, 1.82) is 0 Å². The normalized spacial score (nSPS) is 12.8. The fourth-order valence-electron chi connectivity index (χ4n) is 1.37. The lowest BCUT2D eigenvalue weighted by Crippen LogP contribution is -2.50. The molecule has 12 nitrogen and oxygen atoms in total. The van der Waals surface area contributed by atoms with Crippen LogP contribution in [0.3, 0.4) is 0 Å². The zero-order valence-corrected chi connectivity index (χ0v) is 10.8. The van der Waals surface area contributed by atoms with Gasteiger partial charge in [-0.15, -0.1) is 33.2 Å². The highest BCUT2D eigenvalue weighted by Crippen LogP contribution is 2.00. The first-order valence-corrected chi connectivity index (χ1v) is 5.76. The lowest BCUT2D eigenvalue weighted by molar-refractivity contribution is 0.815. The molecule has 0 bridgehead atoms. The van der Waals surface area contributed by atoms with E-state index >= 15 is 0 Å². The van der Waals surface area contributed by atoms with Crippen molar-refractivity contribution in [1.82, 2.24) is 41.2 Å². The van der Waals surface area contributed by atoms with Crippen LogP contribution in [0.2, 0.25) is 0 Å². The average Bonchev–Trinajstić information content (AvgIpc) is 3.18. The van der Waals surface area contributed by atoms with Crippen molar-refractivity contribution in [3.63, 3.8) is 0 Å². The summed E-state index contributed by atoms with van der Waals surface area (Å²) in [7, 11) is 0. The predicted octanol–water partition coefficient (Wildman–Crippen LogP) is -1.86. The van der Waals surface area contributed by atoms with Crippen LogP contribution in [0.1, 0.15) is 11.6 Å². The van der Waals surface area contributed by atoms with Gasteiger partial charge >= 0.3 is 0 Å². The molecule has 0 unspecified atom stereocenters. The molecule has 0 saturated carbocycles. The number of terminal acetylenes is 2. The molecule has 2 aromatic heterocycles. The Bertz CT molecular complexity index is 754. The maximum absolute atomic E-state index is 5.16. The molecule has 0 amide bonds. The Hall–Kier alpha value is -4.06. The van der Waals surface area contributed by atoms with Crippen LogP contribution >= 0.6 is 0 Å². The van der Waals surface area contributed by atoms with Gasteiger partial charge in [0.05, 0.1) is 0 Å². The van der Waals surface area contributed by atoms with E-state index in [0.717, 1.165) is 0 Å². The summed E-state index contributed by atoms with van der Waals surface area (Å²) in [6.45, 7) is 0. The highest BCUT2D eigenvalue weighted by atomic mass is 15.6. The first-order chi connectivity index (χ1) is 10.8. The molecule has 0 saturated heterocycles. The molecule has 22 heavy (non-hydrogen) atoms. The Kier molecular flexibility index (Phi) is 3.24. The van der Waals surface area contributed by atoms with E-state index in [0.29, 0.717) is 11.9 Å². The Balaban J connectivity index is 1.63. The summed E-state index contributed by atoms with van der Waals surface area (Å²) >= 11 is 0. The summed E-state index contributed by atoms with van der Waals surface area (Å²) in [6, 6.07) is 0. The first kappa shape index (κ1) is 12.9. The fourth-order valence-corrected chi connectivity index (χ4v) is 1.37. The molecule has 0 radical (unpaired) electrons. The van der Waals surface area contributed by atoms with Crippen molar-refractivity contribution in [3.05, 3.63) is 11.6 Å². The molecule has 0 aliphatic carbocycles. The molecule has 1 aliphatic rings. The Morgan fingerprint density at radius 2 is 1.23 bits per heavy atom. The molecular formula is C10H8N12. The second kappa shape index (κ2) is 5.51. The van der Waals surface area contributed by atoms with Gasteiger partial charge < -0.3 is 0 Å². The average molecular weight is 296 g/mol. The van der Waals surface area contributed by atoms with Gasteiger partial charge in [0.15, 0.2) is 0 Å². The number of rotatable bonds is 2. The minimum absolute atomic E-state index is 0.229. The monoisotopic (exact) mass is 296 g/mol. The quantitative estimate of drug-likeness (QED) is 0.352. The molecule has 3 rings (SSSR count). The van der Waals surface area contributed by atoms with E-state index in [-0.39, 0.29) is 23.6 Å². The zero-order valence-electron chi connectivity index (χ0n) is 10.8. The third-order valence-electron chi connectivity index (χ3n) is 2.25. The van der Waals surface area contributed by atoms with Crippen LogP contribution in [-0.2, 0) is 0 Å². The molecule has 108 valence electrons. The molecule has 6 N–H and O–H groups in total. The molecule has 2 aromatic rings. The van der Waals surface area contributed by atoms with Crippen molar-refractivity contribution in [2.24, 2.45) is 10.2 Å². The van der Waals surface area contributed by atoms with Crippen LogP contribution in [0.5, 0.6) is 0 Å². The van der Waals surface area contributed by atoms with E-state index < -0.39 is 0 Å². The molecular weight excluding hydrogens is 288 g/mol. The molecule has 0 aromatic carbocycles. The highest BCUT2D eigenvalue weighted by molar-refractivity contribution is 5.99. The topological polar surface area (TPSA) is 156 Å². The number of guanidine groups is 2. The van der Waals surface area contributed by atoms with Crippen LogP contribution in [0.15, 0.2) is 10.2 Å². The summed E-state index contributed by atoms with van der Waals surface area (Å²) in [6.07, 6.45) is 10.3. The maximum Gasteiger partial charge on any atom is 0.242 e. The number of anilines is 2. The van der Waals surface area contributed by atoms with E-state index in [1.807, 2.05) is 0 Å². The number of hydrazine groups is 1. The standard InChI is InChI=1S/C10H8N12/c1-3-5-11-7(17-15-5)13-9-19-21-10(22-20-9)14-8-12-6(4-2)16-18-8/h1-2H,(H3,11,13,15,17,19,20)(H3,12,14,16,18,21,22). The Morgan fingerprint density at radius 3 is 1.55 bits per heavy atom. The number of hydrogen-bond donors (Lipinski definition) is 6. The lowest BCUT2D eigenvalue weighted by atomic mass is 10.7. The number of aromatic nitrogens is 6. The van der Waals surface area contributed by atoms with Gasteiger partial charge in [-0.2, -0.15) is 9.97 Å². The fraction of sp³-hybridized carbons (Fsp3) is 0. The minimum atomic E-state index is 0.229. The van der Waals surface area contributed by atoms with E-state index in [1.54, 1.807) is 0 Å². The van der Waals surface area contributed by atoms with E-state index in [4.69, 9.17) is 12.8 Å². The molecule has 0 atom stereocenters. The van der Waals surface area contributed by atoms with Gasteiger partial charge in [0.2, 0.25) is 35.5 Å². The third-order valence-corrected chi connectivity index (χ3v) is 2.25. The SMILES string of the molecule is C#Cc1n[nH]c(NC2=NN=C(Nc3nc(C#C)n[nH]3)NN2)n1. The zero-order chi connectivity index (χ0) is 15.4. The third kappa shape index (κ3) is 2.75. The van der Waals surface area contributed by atoms with Gasteiger partial charge in [0.1, 0.15) is 0 Å². The second-order valence-electron chi connectivity index (χ2n) is 3.70. The summed E-state index contributed by atoms with van der Waals surface area (Å²) in [5, 5.41) is 26.0. The number of aromatic amines is 2. The van der Waals surface area contributed by atoms with Crippen molar-refractivity contribution >= 4 is 23.8 Å². The minimum Gasteiger partial charge on any atom is -0.292 e. The molecule has 12 heteroatoms. The molecule has 0 spiro atoms. The van der Waals surface area contributed by atoms with Gasteiger partial charge in [-0.1, -0.05) is 0 Å². The van der Waals surface area contributed by atoms with Gasteiger partial charge in [-0.25, -0.2) is 10.2 Å². The number of nitrogens with zero attached hydrogens (tertiary/aromatic N) is 6. The first-order valence-electron chi connectivity index (χ1n) is 5.76. The van der Waals surface area contributed by atoms with Gasteiger partial charge in [0, 0.05) is 0 Å². The molecule has 0 fully saturated rings. The predicted molar refractivity (Wildman–Crippen MR) is 77.0 cm³/mol. The van der Waals surface area contributed by atoms with Crippen molar-refractivity contribution in [3.8, 4) is 24.7 Å². The van der Waals surface area contributed by atoms with Crippen LogP contribution < -0.4 is 21.5 Å². The Morgan fingerprint density at radius 1 is 0.773 bits per heavy atom. The smallest absolute Gasteiger partial charge is 0.242 e. The number of H-pyrrole nitrogens is 2. The van der Waals surface area contributed by atoms with Gasteiger partial charge in [-0.3, -0.25) is 21.5 Å².